The summed E-state index contributed by atoms with van der Waals surface area (Å²) in [6.45, 7) is 8.28. The maximum Gasteiger partial charge on any atom is 0.303 e. The highest BCUT2D eigenvalue weighted by Gasteiger charge is 2.52. The van der Waals surface area contributed by atoms with E-state index >= 15 is 0 Å². The molecule has 0 N–H and O–H groups in total. The van der Waals surface area contributed by atoms with Crippen LogP contribution in [0.1, 0.15) is 41.5 Å². The Balaban J connectivity index is 3.27. The topological polar surface area (TPSA) is 114 Å². The molecular weight excluding hydrogens is 348 g/mol. The van der Waals surface area contributed by atoms with Crippen molar-refractivity contribution < 1.29 is 42.9 Å². The average molecular weight is 374 g/mol. The second kappa shape index (κ2) is 9.51. The van der Waals surface area contributed by atoms with Crippen molar-refractivity contribution in [2.75, 3.05) is 6.61 Å². The molecule has 5 unspecified atom stereocenters. The largest absolute Gasteiger partial charge is 0.463 e. The van der Waals surface area contributed by atoms with Gasteiger partial charge in [-0.15, -0.1) is 0 Å². The van der Waals surface area contributed by atoms with E-state index in [1.165, 1.54) is 27.7 Å². The third-order valence-electron chi connectivity index (χ3n) is 3.68. The summed E-state index contributed by atoms with van der Waals surface area (Å²) in [7, 11) is 0. The minimum atomic E-state index is -1.10. The number of rotatable bonds is 6. The average Bonchev–Trinajstić information content (AvgIpc) is 2.47. The lowest BCUT2D eigenvalue weighted by Gasteiger charge is -2.45. The first-order valence-corrected chi connectivity index (χ1v) is 8.33. The maximum atomic E-state index is 11.6. The molecule has 0 aliphatic carbocycles. The van der Waals surface area contributed by atoms with Crippen molar-refractivity contribution in [3.63, 3.8) is 0 Å². The number of ether oxygens (including phenoxy) is 5. The van der Waals surface area contributed by atoms with Crippen LogP contribution < -0.4 is 0 Å². The first kappa shape index (κ1) is 21.9. The number of carbonyl (C=O) groups is 4. The molecule has 0 radical (unpaired) electrons. The minimum absolute atomic E-state index is 0.129. The molecule has 1 saturated heterocycles. The zero-order chi connectivity index (χ0) is 20.0. The van der Waals surface area contributed by atoms with Crippen molar-refractivity contribution in [2.45, 2.75) is 72.1 Å². The van der Waals surface area contributed by atoms with Gasteiger partial charge in [0, 0.05) is 27.7 Å². The summed E-state index contributed by atoms with van der Waals surface area (Å²) in [6.07, 6.45) is -4.71. The number of esters is 4. The molecule has 1 rings (SSSR count). The molecule has 0 spiro atoms. The van der Waals surface area contributed by atoms with E-state index in [9.17, 15) is 19.2 Å². The van der Waals surface area contributed by atoms with E-state index in [0.29, 0.717) is 0 Å². The van der Waals surface area contributed by atoms with Crippen LogP contribution in [0.3, 0.4) is 0 Å². The van der Waals surface area contributed by atoms with Crippen LogP contribution >= 0.6 is 0 Å². The van der Waals surface area contributed by atoms with E-state index in [0.717, 1.165) is 0 Å². The van der Waals surface area contributed by atoms with Gasteiger partial charge < -0.3 is 23.7 Å². The lowest BCUT2D eigenvalue weighted by atomic mass is 9.89. The Hall–Kier alpha value is -2.16. The van der Waals surface area contributed by atoms with Crippen molar-refractivity contribution >= 4 is 23.9 Å². The third-order valence-corrected chi connectivity index (χ3v) is 3.68. The molecule has 0 aromatic rings. The smallest absolute Gasteiger partial charge is 0.303 e. The monoisotopic (exact) mass is 374 g/mol. The van der Waals surface area contributed by atoms with Crippen LogP contribution in [0, 0.1) is 5.92 Å². The van der Waals surface area contributed by atoms with Crippen molar-refractivity contribution in [1.82, 2.24) is 0 Å². The molecule has 5 atom stereocenters. The Kier molecular flexibility index (Phi) is 8.01. The second-order valence-corrected chi connectivity index (χ2v) is 6.41. The van der Waals surface area contributed by atoms with Gasteiger partial charge in [-0.1, -0.05) is 13.8 Å². The summed E-state index contributed by atoms with van der Waals surface area (Å²) in [4.78, 5) is 45.8. The van der Waals surface area contributed by atoms with Crippen molar-refractivity contribution in [3.8, 4) is 0 Å². The van der Waals surface area contributed by atoms with Gasteiger partial charge in [-0.25, -0.2) is 0 Å². The molecule has 1 aliphatic heterocycles. The predicted molar refractivity (Wildman–Crippen MR) is 86.8 cm³/mol. The van der Waals surface area contributed by atoms with E-state index in [-0.39, 0.29) is 12.5 Å². The molecule has 148 valence electrons. The van der Waals surface area contributed by atoms with Gasteiger partial charge in [0.25, 0.3) is 0 Å². The van der Waals surface area contributed by atoms with Gasteiger partial charge in [0.1, 0.15) is 18.8 Å². The van der Waals surface area contributed by atoms with Crippen LogP contribution in [0.5, 0.6) is 0 Å². The molecule has 26 heavy (non-hydrogen) atoms. The first-order valence-electron chi connectivity index (χ1n) is 8.33. The SMILES string of the molecule is CC(=O)OCC1OC(C(C)C)C(OC(C)=O)C(OC(C)=O)C1OC(C)=O. The van der Waals surface area contributed by atoms with Gasteiger partial charge in [-0.3, -0.25) is 19.2 Å². The van der Waals surface area contributed by atoms with Crippen molar-refractivity contribution in [3.05, 3.63) is 0 Å². The van der Waals surface area contributed by atoms with E-state index < -0.39 is 54.4 Å². The third kappa shape index (κ3) is 6.29. The summed E-state index contributed by atoms with van der Waals surface area (Å²) >= 11 is 0. The second-order valence-electron chi connectivity index (χ2n) is 6.41. The number of carbonyl (C=O) groups excluding carboxylic acids is 4. The highest BCUT2D eigenvalue weighted by atomic mass is 16.7. The van der Waals surface area contributed by atoms with Gasteiger partial charge in [0.05, 0.1) is 0 Å². The molecule has 1 fully saturated rings. The Bertz CT molecular complexity index is 542. The Labute approximate surface area is 152 Å². The molecule has 1 heterocycles. The van der Waals surface area contributed by atoms with Gasteiger partial charge in [0.15, 0.2) is 18.3 Å². The Morgan fingerprint density at radius 2 is 1.23 bits per heavy atom. The standard InChI is InChI=1S/C17H26O9/c1-8(2)14-16(24-11(5)20)17(25-12(6)21)15(23-10(4)19)13(26-14)7-22-9(3)18/h8,13-17H,7H2,1-6H3. The van der Waals surface area contributed by atoms with Gasteiger partial charge in [-0.2, -0.15) is 0 Å². The molecular formula is C17H26O9. The molecule has 0 saturated carbocycles. The van der Waals surface area contributed by atoms with Gasteiger partial charge in [-0.05, 0) is 5.92 Å². The normalized spacial score (nSPS) is 28.2. The lowest BCUT2D eigenvalue weighted by Crippen LogP contribution is -2.63. The first-order chi connectivity index (χ1) is 12.0. The highest BCUT2D eigenvalue weighted by Crippen LogP contribution is 2.32. The highest BCUT2D eigenvalue weighted by molar-refractivity contribution is 5.68. The van der Waals surface area contributed by atoms with Crippen LogP contribution in [0.2, 0.25) is 0 Å². The molecule has 9 heteroatoms. The van der Waals surface area contributed by atoms with Crippen LogP contribution in [-0.4, -0.2) is 61.0 Å². The summed E-state index contributed by atoms with van der Waals surface area (Å²) < 4.78 is 26.8. The molecule has 1 aliphatic rings. The quantitative estimate of drug-likeness (QED) is 0.491. The molecule has 0 aromatic carbocycles. The van der Waals surface area contributed by atoms with Crippen LogP contribution in [0.4, 0.5) is 0 Å². The summed E-state index contributed by atoms with van der Waals surface area (Å²) in [5.41, 5.74) is 0. The lowest BCUT2D eigenvalue weighted by molar-refractivity contribution is -0.258. The number of hydrogen-bond acceptors (Lipinski definition) is 9. The zero-order valence-corrected chi connectivity index (χ0v) is 15.8. The molecule has 0 amide bonds. The van der Waals surface area contributed by atoms with Crippen LogP contribution in [0.25, 0.3) is 0 Å². The van der Waals surface area contributed by atoms with Crippen LogP contribution in [-0.2, 0) is 42.9 Å². The van der Waals surface area contributed by atoms with Crippen molar-refractivity contribution in [1.29, 1.82) is 0 Å². The van der Waals surface area contributed by atoms with E-state index in [1.807, 2.05) is 13.8 Å². The fraction of sp³-hybridized carbons (Fsp3) is 0.765. The van der Waals surface area contributed by atoms with E-state index in [2.05, 4.69) is 0 Å². The molecule has 0 aromatic heterocycles. The summed E-state index contributed by atoms with van der Waals surface area (Å²) in [5.74, 6) is -2.55. The molecule has 9 nitrogen and oxygen atoms in total. The fourth-order valence-electron chi connectivity index (χ4n) is 2.80. The minimum Gasteiger partial charge on any atom is -0.463 e. The van der Waals surface area contributed by atoms with E-state index in [4.69, 9.17) is 23.7 Å². The predicted octanol–water partition coefficient (Wildman–Crippen LogP) is 0.768. The maximum absolute atomic E-state index is 11.6. The zero-order valence-electron chi connectivity index (χ0n) is 15.8. The summed E-state index contributed by atoms with van der Waals surface area (Å²) in [6, 6.07) is 0. The summed E-state index contributed by atoms with van der Waals surface area (Å²) in [5, 5.41) is 0. The fourth-order valence-corrected chi connectivity index (χ4v) is 2.80. The van der Waals surface area contributed by atoms with Gasteiger partial charge in [0.2, 0.25) is 0 Å². The van der Waals surface area contributed by atoms with Crippen LogP contribution in [0.15, 0.2) is 0 Å². The number of hydrogen-bond donors (Lipinski definition) is 0. The molecule has 0 bridgehead atoms. The van der Waals surface area contributed by atoms with Gasteiger partial charge >= 0.3 is 23.9 Å². The van der Waals surface area contributed by atoms with E-state index in [1.54, 1.807) is 0 Å². The Morgan fingerprint density at radius 3 is 1.65 bits per heavy atom. The van der Waals surface area contributed by atoms with Crippen molar-refractivity contribution in [2.24, 2.45) is 5.92 Å². The Morgan fingerprint density at radius 1 is 0.769 bits per heavy atom.